The standard InChI is InChI=1S/C20H20OSSi.C4H10S3.O.Tc/c22-17-16-21-23(18-10-4-1-5-11-18,19-12-6-2-7-13-19)20-14-8-3-9-15-20;5-1-3-7-4-2-6;;/h1-15,22H,16-17H2;5-6H,1-4H2;;/q;;;+3/p-3/i;;;1+1. The summed E-state index contributed by atoms with van der Waals surface area (Å²) in [5.41, 5.74) is 0. The second-order valence-electron chi connectivity index (χ2n) is 6.35. The molecule has 0 N–H and O–H groups in total. The summed E-state index contributed by atoms with van der Waals surface area (Å²) in [6.45, 7) is 0.584. The first-order chi connectivity index (χ1) is 15.8. The van der Waals surface area contributed by atoms with Crippen LogP contribution in [-0.4, -0.2) is 43.7 Å². The molecule has 3 rings (SSSR count). The molecule has 3 aromatic carbocycles. The van der Waals surface area contributed by atoms with Gasteiger partial charge in [0.15, 0.2) is 0 Å². The van der Waals surface area contributed by atoms with Crippen LogP contribution in [0.15, 0.2) is 91.0 Å². The molecule has 0 aliphatic carbocycles. The van der Waals surface area contributed by atoms with E-state index in [0.29, 0.717) is 12.4 Å². The second-order valence-corrected chi connectivity index (χ2v) is 12.2. The van der Waals surface area contributed by atoms with Gasteiger partial charge in [0.05, 0.1) is 0 Å². The van der Waals surface area contributed by atoms with E-state index in [0.717, 1.165) is 41.9 Å². The van der Waals surface area contributed by atoms with Gasteiger partial charge >= 0.3 is 22.4 Å². The molecule has 0 spiro atoms. The number of thioether (sulfide) groups is 1. The van der Waals surface area contributed by atoms with Gasteiger partial charge < -0.3 is 42.3 Å². The van der Waals surface area contributed by atoms with Crippen LogP contribution in [0, 0.1) is 0 Å². The quantitative estimate of drug-likeness (QED) is 0.153. The fraction of sp³-hybridized carbons (Fsp3) is 0.250. The molecule has 2 nitrogen and oxygen atoms in total. The molecule has 0 aromatic heterocycles. The van der Waals surface area contributed by atoms with Crippen molar-refractivity contribution in [2.45, 2.75) is 0 Å². The zero-order valence-electron chi connectivity index (χ0n) is 17.7. The number of hydrogen-bond donors (Lipinski definition) is 0. The van der Waals surface area contributed by atoms with Crippen molar-refractivity contribution in [3.63, 3.8) is 0 Å². The van der Waals surface area contributed by atoms with Crippen LogP contribution in [0.3, 0.4) is 0 Å². The van der Waals surface area contributed by atoms with Gasteiger partial charge in [-0.15, -0.1) is 0 Å². The van der Waals surface area contributed by atoms with Crippen LogP contribution >= 0.6 is 11.8 Å². The van der Waals surface area contributed by atoms with Crippen molar-refractivity contribution in [1.82, 2.24) is 0 Å². The first-order valence-corrected chi connectivity index (χ1v) is 15.6. The first kappa shape index (κ1) is 29.7. The summed E-state index contributed by atoms with van der Waals surface area (Å²) in [6.07, 6.45) is 0. The van der Waals surface area contributed by atoms with Crippen LogP contribution < -0.4 is 15.6 Å². The molecule has 0 fully saturated rings. The summed E-state index contributed by atoms with van der Waals surface area (Å²) < 4.78 is 14.8. The maximum atomic E-state index is 8.22. The number of rotatable bonds is 10. The Labute approximate surface area is 225 Å². The van der Waals surface area contributed by atoms with Gasteiger partial charge in [0.2, 0.25) is 0 Å². The van der Waals surface area contributed by atoms with E-state index in [1.54, 1.807) is 0 Å². The Kier molecular flexibility index (Phi) is 17.7. The van der Waals surface area contributed by atoms with Crippen molar-refractivity contribution in [3.05, 3.63) is 91.0 Å². The third-order valence-corrected chi connectivity index (χ3v) is 10.6. The average molecular weight is 603 g/mol. The van der Waals surface area contributed by atoms with Crippen LogP contribution in [0.1, 0.15) is 0 Å². The van der Waals surface area contributed by atoms with E-state index in [4.69, 9.17) is 45.8 Å². The van der Waals surface area contributed by atoms with Gasteiger partial charge in [-0.25, -0.2) is 0 Å². The van der Waals surface area contributed by atoms with Crippen LogP contribution in [0.25, 0.3) is 0 Å². The van der Waals surface area contributed by atoms with Crippen molar-refractivity contribution in [1.29, 1.82) is 0 Å². The number of hydrogen-bond acceptors (Lipinski definition) is 6. The van der Waals surface area contributed by atoms with Crippen molar-refractivity contribution in [3.8, 4) is 0 Å². The minimum absolute atomic E-state index is 0.584. The molecule has 0 aliphatic heterocycles. The Balaban J connectivity index is 0.000000488. The molecule has 0 aliphatic rings. The van der Waals surface area contributed by atoms with E-state index in [9.17, 15) is 0 Å². The predicted molar refractivity (Wildman–Crippen MR) is 145 cm³/mol. The zero-order valence-corrected chi connectivity index (χ0v) is 23.9. The molecule has 8 heteroatoms. The van der Waals surface area contributed by atoms with Gasteiger partial charge in [0.25, 0.3) is 8.32 Å². The van der Waals surface area contributed by atoms with E-state index in [-0.39, 0.29) is 0 Å². The average Bonchev–Trinajstić information content (AvgIpc) is 2.88. The smallest absolute Gasteiger partial charge is 0.288 e. The monoisotopic (exact) mass is 602 g/mol. The SMILES string of the molecule is [O]=[99Tc+3].[S-]CCO[Si](c1ccccc1)(c1ccccc1)c1ccccc1.[S-]CCSCC[S-]. The van der Waals surface area contributed by atoms with Crippen LogP contribution in [0.4, 0.5) is 0 Å². The summed E-state index contributed by atoms with van der Waals surface area (Å²) in [7, 11) is -2.51. The fourth-order valence-electron chi connectivity index (χ4n) is 3.18. The van der Waals surface area contributed by atoms with Crippen LogP contribution in [-0.2, 0) is 64.7 Å². The maximum absolute atomic E-state index is 8.22. The molecule has 0 unspecified atom stereocenters. The van der Waals surface area contributed by atoms with Gasteiger partial charge in [-0.05, 0) is 27.1 Å². The molecule has 32 heavy (non-hydrogen) atoms. The molecule has 170 valence electrons. The summed E-state index contributed by atoms with van der Waals surface area (Å²) in [4.78, 5) is 0. The van der Waals surface area contributed by atoms with Crippen molar-refractivity contribution in [2.24, 2.45) is 0 Å². The Hall–Kier alpha value is -0.314. The Morgan fingerprint density at radius 3 is 1.25 bits per heavy atom. The topological polar surface area (TPSA) is 26.3 Å². The molecule has 0 saturated carbocycles. The predicted octanol–water partition coefficient (Wildman–Crippen LogP) is 2.91. The fourth-order valence-corrected chi connectivity index (χ4v) is 8.46. The molecular weight excluding hydrogens is 576 g/mol. The van der Waals surface area contributed by atoms with Gasteiger partial charge in [0, 0.05) is 6.61 Å². The Morgan fingerprint density at radius 1 is 0.625 bits per heavy atom. The second kappa shape index (κ2) is 19.0. The van der Waals surface area contributed by atoms with Gasteiger partial charge in [-0.2, -0.15) is 29.0 Å². The Bertz CT molecular complexity index is 729. The molecule has 0 saturated heterocycles. The van der Waals surface area contributed by atoms with Crippen molar-refractivity contribution in [2.75, 3.05) is 35.4 Å². The van der Waals surface area contributed by atoms with Gasteiger partial charge in [-0.3, -0.25) is 0 Å². The normalized spacial score (nSPS) is 10.3. The summed E-state index contributed by atoms with van der Waals surface area (Å²) in [5.74, 6) is 4.50. The van der Waals surface area contributed by atoms with Crippen LogP contribution in [0.2, 0.25) is 0 Å². The summed E-state index contributed by atoms with van der Waals surface area (Å²) in [5, 5.41) is 3.75. The van der Waals surface area contributed by atoms with Crippen molar-refractivity contribution < 1.29 is 26.8 Å². The summed E-state index contributed by atoms with van der Waals surface area (Å²) in [6, 6.07) is 31.7. The molecule has 0 heterocycles. The molecule has 3 aromatic rings. The van der Waals surface area contributed by atoms with Gasteiger partial charge in [-0.1, -0.05) is 91.0 Å². The largest absolute Gasteiger partial charge is 0.792 e. The third kappa shape index (κ3) is 9.51. The molecule has 0 amide bonds. The third-order valence-electron chi connectivity index (χ3n) is 4.40. The minimum Gasteiger partial charge on any atom is -0.792 e. The van der Waals surface area contributed by atoms with E-state index in [1.165, 1.54) is 15.6 Å². The minimum atomic E-state index is -2.51. The summed E-state index contributed by atoms with van der Waals surface area (Å²) >= 11 is 17.3. The first-order valence-electron chi connectivity index (χ1n) is 10.1. The van der Waals surface area contributed by atoms with E-state index >= 15 is 0 Å². The Morgan fingerprint density at radius 2 is 0.969 bits per heavy atom. The molecular formula is C24H27O2S4SiTc. The zero-order chi connectivity index (χ0) is 23.5. The van der Waals surface area contributed by atoms with Crippen molar-refractivity contribution >= 4 is 73.5 Å². The van der Waals surface area contributed by atoms with E-state index in [1.807, 2.05) is 30.0 Å². The van der Waals surface area contributed by atoms with E-state index in [2.05, 4.69) is 72.8 Å². The van der Waals surface area contributed by atoms with Gasteiger partial charge in [0.1, 0.15) is 0 Å². The molecule has 0 atom stereocenters. The molecule has 0 radical (unpaired) electrons. The molecule has 0 bridgehead atoms. The van der Waals surface area contributed by atoms with E-state index < -0.39 is 8.32 Å². The maximum Gasteiger partial charge on any atom is 0.288 e. The number of benzene rings is 3. The van der Waals surface area contributed by atoms with Crippen LogP contribution in [0.5, 0.6) is 0 Å².